The Balaban J connectivity index is 1.80. The third-order valence-corrected chi connectivity index (χ3v) is 4.23. The number of hydrogen-bond donors (Lipinski definition) is 2. The molecule has 2 aromatic rings. The van der Waals surface area contributed by atoms with Gasteiger partial charge in [0.2, 0.25) is 0 Å². The summed E-state index contributed by atoms with van der Waals surface area (Å²) < 4.78 is 1.89. The summed E-state index contributed by atoms with van der Waals surface area (Å²) >= 11 is 0. The van der Waals surface area contributed by atoms with Crippen LogP contribution in [-0.4, -0.2) is 32.4 Å². The van der Waals surface area contributed by atoms with Gasteiger partial charge < -0.3 is 10.4 Å². The SMILES string of the molecule is CC(C)(C)c1cc2c(NCC3CCC(O)C3)nccn2n1. The third kappa shape index (κ3) is 3.02. The van der Waals surface area contributed by atoms with Crippen LogP contribution < -0.4 is 5.32 Å². The predicted octanol–water partition coefficient (Wildman–Crippen LogP) is 2.60. The van der Waals surface area contributed by atoms with Crippen molar-refractivity contribution in [3.8, 4) is 0 Å². The topological polar surface area (TPSA) is 62.5 Å². The number of nitrogens with zero attached hydrogens (tertiary/aromatic N) is 3. The van der Waals surface area contributed by atoms with Gasteiger partial charge in [0.05, 0.1) is 11.8 Å². The quantitative estimate of drug-likeness (QED) is 0.911. The monoisotopic (exact) mass is 288 g/mol. The normalized spacial score (nSPS) is 22.9. The van der Waals surface area contributed by atoms with E-state index >= 15 is 0 Å². The lowest BCUT2D eigenvalue weighted by Gasteiger charge is -2.13. The maximum Gasteiger partial charge on any atom is 0.152 e. The zero-order chi connectivity index (χ0) is 15.0. The van der Waals surface area contributed by atoms with Crippen LogP contribution in [0.1, 0.15) is 45.7 Å². The minimum absolute atomic E-state index is 0.0266. The zero-order valence-corrected chi connectivity index (χ0v) is 13.0. The first kappa shape index (κ1) is 14.3. The van der Waals surface area contributed by atoms with Crippen molar-refractivity contribution in [3.63, 3.8) is 0 Å². The highest BCUT2D eigenvalue weighted by atomic mass is 16.3. The first-order chi connectivity index (χ1) is 9.93. The number of fused-ring (bicyclic) bond motifs is 1. The molecule has 0 spiro atoms. The average molecular weight is 288 g/mol. The lowest BCUT2D eigenvalue weighted by Crippen LogP contribution is -2.14. The molecule has 2 aromatic heterocycles. The van der Waals surface area contributed by atoms with Gasteiger partial charge in [0.15, 0.2) is 5.82 Å². The summed E-state index contributed by atoms with van der Waals surface area (Å²) in [6, 6.07) is 2.11. The number of aliphatic hydroxyl groups excluding tert-OH is 1. The molecular weight excluding hydrogens is 264 g/mol. The van der Waals surface area contributed by atoms with E-state index in [1.54, 1.807) is 6.20 Å². The largest absolute Gasteiger partial charge is 0.393 e. The van der Waals surface area contributed by atoms with Crippen molar-refractivity contribution in [1.29, 1.82) is 0 Å². The Labute approximate surface area is 125 Å². The van der Waals surface area contributed by atoms with Crippen molar-refractivity contribution in [2.24, 2.45) is 5.92 Å². The number of hydrogen-bond acceptors (Lipinski definition) is 4. The van der Waals surface area contributed by atoms with Crippen molar-refractivity contribution < 1.29 is 5.11 Å². The predicted molar refractivity (Wildman–Crippen MR) is 83.5 cm³/mol. The Bertz CT molecular complexity index is 629. The van der Waals surface area contributed by atoms with Gasteiger partial charge in [-0.2, -0.15) is 5.10 Å². The molecular formula is C16H24N4O. The fourth-order valence-electron chi connectivity index (χ4n) is 2.90. The Hall–Kier alpha value is -1.62. The molecule has 114 valence electrons. The van der Waals surface area contributed by atoms with Gasteiger partial charge in [0, 0.05) is 24.4 Å². The van der Waals surface area contributed by atoms with Gasteiger partial charge in [-0.1, -0.05) is 20.8 Å². The molecule has 0 aliphatic heterocycles. The van der Waals surface area contributed by atoms with Gasteiger partial charge in [0.1, 0.15) is 5.52 Å². The van der Waals surface area contributed by atoms with Crippen LogP contribution in [0.3, 0.4) is 0 Å². The van der Waals surface area contributed by atoms with Crippen molar-refractivity contribution in [2.75, 3.05) is 11.9 Å². The van der Waals surface area contributed by atoms with Crippen molar-refractivity contribution in [3.05, 3.63) is 24.2 Å². The van der Waals surface area contributed by atoms with Gasteiger partial charge in [-0.15, -0.1) is 0 Å². The highest BCUT2D eigenvalue weighted by molar-refractivity contribution is 5.68. The van der Waals surface area contributed by atoms with E-state index in [-0.39, 0.29) is 11.5 Å². The summed E-state index contributed by atoms with van der Waals surface area (Å²) in [5, 5.41) is 17.7. The zero-order valence-electron chi connectivity index (χ0n) is 13.0. The Morgan fingerprint density at radius 3 is 2.86 bits per heavy atom. The summed E-state index contributed by atoms with van der Waals surface area (Å²) in [4.78, 5) is 4.45. The molecule has 5 nitrogen and oxygen atoms in total. The van der Waals surface area contributed by atoms with E-state index in [4.69, 9.17) is 0 Å². The summed E-state index contributed by atoms with van der Waals surface area (Å²) in [6.07, 6.45) is 6.44. The van der Waals surface area contributed by atoms with E-state index in [9.17, 15) is 5.11 Å². The maximum absolute atomic E-state index is 9.60. The van der Waals surface area contributed by atoms with Crippen molar-refractivity contribution in [2.45, 2.75) is 51.6 Å². The molecule has 5 heteroatoms. The van der Waals surface area contributed by atoms with Crippen LogP contribution >= 0.6 is 0 Å². The van der Waals surface area contributed by atoms with Crippen LogP contribution in [0.4, 0.5) is 5.82 Å². The molecule has 1 fully saturated rings. The van der Waals surface area contributed by atoms with Crippen LogP contribution in [-0.2, 0) is 5.41 Å². The number of aliphatic hydroxyl groups is 1. The van der Waals surface area contributed by atoms with Crippen LogP contribution in [0, 0.1) is 5.92 Å². The molecule has 0 amide bonds. The molecule has 3 rings (SSSR count). The second-order valence-corrected chi connectivity index (χ2v) is 7.10. The number of anilines is 1. The Morgan fingerprint density at radius 1 is 1.38 bits per heavy atom. The lowest BCUT2D eigenvalue weighted by atomic mass is 9.92. The molecule has 0 saturated heterocycles. The number of nitrogens with one attached hydrogen (secondary N) is 1. The van der Waals surface area contributed by atoms with E-state index in [2.05, 4.69) is 42.2 Å². The molecule has 0 bridgehead atoms. The summed E-state index contributed by atoms with van der Waals surface area (Å²) in [5.41, 5.74) is 2.11. The molecule has 1 saturated carbocycles. The number of rotatable bonds is 3. The van der Waals surface area contributed by atoms with Crippen LogP contribution in [0.15, 0.2) is 18.5 Å². The molecule has 2 N–H and O–H groups in total. The van der Waals surface area contributed by atoms with Gasteiger partial charge in [-0.25, -0.2) is 9.50 Å². The average Bonchev–Trinajstić information content (AvgIpc) is 3.01. The summed E-state index contributed by atoms with van der Waals surface area (Å²) in [6.45, 7) is 7.35. The highest BCUT2D eigenvalue weighted by Crippen LogP contribution is 2.27. The third-order valence-electron chi connectivity index (χ3n) is 4.23. The van der Waals surface area contributed by atoms with E-state index in [0.717, 1.165) is 42.8 Å². The van der Waals surface area contributed by atoms with Crippen LogP contribution in [0.25, 0.3) is 5.52 Å². The fourth-order valence-corrected chi connectivity index (χ4v) is 2.90. The standard InChI is InChI=1S/C16H24N4O/c1-16(2,3)14-9-13-15(17-6-7-20(13)19-14)18-10-11-4-5-12(21)8-11/h6-7,9,11-12,21H,4-5,8,10H2,1-3H3,(H,17,18). The van der Waals surface area contributed by atoms with Gasteiger partial charge >= 0.3 is 0 Å². The highest BCUT2D eigenvalue weighted by Gasteiger charge is 2.23. The first-order valence-electron chi connectivity index (χ1n) is 7.70. The van der Waals surface area contributed by atoms with Gasteiger partial charge in [-0.3, -0.25) is 0 Å². The Morgan fingerprint density at radius 2 is 2.19 bits per heavy atom. The number of aromatic nitrogens is 3. The minimum Gasteiger partial charge on any atom is -0.393 e. The summed E-state index contributed by atoms with van der Waals surface area (Å²) in [5.74, 6) is 1.41. The van der Waals surface area contributed by atoms with Crippen LogP contribution in [0.2, 0.25) is 0 Å². The molecule has 0 radical (unpaired) electrons. The second kappa shape index (κ2) is 5.30. The lowest BCUT2D eigenvalue weighted by molar-refractivity contribution is 0.178. The van der Waals surface area contributed by atoms with Crippen molar-refractivity contribution in [1.82, 2.24) is 14.6 Å². The fraction of sp³-hybridized carbons (Fsp3) is 0.625. The maximum atomic E-state index is 9.60. The van der Waals surface area contributed by atoms with E-state index in [1.807, 2.05) is 10.7 Å². The van der Waals surface area contributed by atoms with E-state index in [1.165, 1.54) is 0 Å². The summed E-state index contributed by atoms with van der Waals surface area (Å²) in [7, 11) is 0. The molecule has 1 aliphatic carbocycles. The smallest absolute Gasteiger partial charge is 0.152 e. The minimum atomic E-state index is -0.122. The first-order valence-corrected chi connectivity index (χ1v) is 7.70. The Kier molecular flexibility index (Phi) is 3.61. The van der Waals surface area contributed by atoms with E-state index < -0.39 is 0 Å². The van der Waals surface area contributed by atoms with Crippen LogP contribution in [0.5, 0.6) is 0 Å². The van der Waals surface area contributed by atoms with E-state index in [0.29, 0.717) is 5.92 Å². The molecule has 21 heavy (non-hydrogen) atoms. The van der Waals surface area contributed by atoms with Gasteiger partial charge in [-0.05, 0) is 31.2 Å². The molecule has 0 aromatic carbocycles. The van der Waals surface area contributed by atoms with Crippen molar-refractivity contribution >= 4 is 11.3 Å². The second-order valence-electron chi connectivity index (χ2n) is 7.10. The molecule has 1 aliphatic rings. The molecule has 2 atom stereocenters. The van der Waals surface area contributed by atoms with Gasteiger partial charge in [0.25, 0.3) is 0 Å². The molecule has 2 heterocycles. The molecule has 2 unspecified atom stereocenters.